The molecule has 0 bridgehead atoms. The Balaban J connectivity index is 2.67. The molecule has 1 N–H and O–H groups in total. The molecule has 27 heavy (non-hydrogen) atoms. The van der Waals surface area contributed by atoms with E-state index in [1.807, 2.05) is 0 Å². The van der Waals surface area contributed by atoms with E-state index in [0.717, 1.165) is 19.2 Å². The molecule has 0 radical (unpaired) electrons. The maximum absolute atomic E-state index is 14.4. The molecule has 2 rings (SSSR count). The van der Waals surface area contributed by atoms with Gasteiger partial charge in [-0.2, -0.15) is 13.2 Å². The van der Waals surface area contributed by atoms with Gasteiger partial charge in [-0.05, 0) is 18.6 Å². The van der Waals surface area contributed by atoms with Gasteiger partial charge in [0, 0.05) is 18.2 Å². The van der Waals surface area contributed by atoms with Crippen LogP contribution in [-0.2, 0) is 18.0 Å². The zero-order valence-corrected chi connectivity index (χ0v) is 16.1. The fourth-order valence-electron chi connectivity index (χ4n) is 2.44. The molecule has 0 saturated carbocycles. The second kappa shape index (κ2) is 7.77. The predicted octanol–water partition coefficient (Wildman–Crippen LogP) is 6.05. The Morgan fingerprint density at radius 1 is 1.30 bits per heavy atom. The molecule has 4 nitrogen and oxygen atoms in total. The van der Waals surface area contributed by atoms with Gasteiger partial charge >= 0.3 is 12.1 Å². The molecule has 0 aliphatic heterocycles. The van der Waals surface area contributed by atoms with Crippen molar-refractivity contribution in [1.29, 1.82) is 0 Å². The van der Waals surface area contributed by atoms with Crippen LogP contribution in [0.1, 0.15) is 19.0 Å². The number of rotatable bonds is 5. The van der Waals surface area contributed by atoms with E-state index < -0.39 is 51.1 Å². The number of carbonyl (C=O) groups is 1. The highest BCUT2D eigenvalue weighted by Gasteiger charge is 2.40. The number of alkyl halides is 3. The number of nitrogens with zero attached hydrogens (tertiary/aromatic N) is 1. The lowest BCUT2D eigenvalue weighted by Crippen LogP contribution is -2.26. The minimum atomic E-state index is -4.83. The van der Waals surface area contributed by atoms with Crippen molar-refractivity contribution in [3.63, 3.8) is 0 Å². The molecular weight excluding hydrogens is 437 g/mol. The van der Waals surface area contributed by atoms with E-state index in [-0.39, 0.29) is 17.2 Å². The maximum Gasteiger partial charge on any atom is 0.432 e. The molecular formula is C16H12Cl3F4NO3. The van der Waals surface area contributed by atoms with Gasteiger partial charge in [-0.15, -0.1) is 0 Å². The highest BCUT2D eigenvalue weighted by atomic mass is 35.5. The molecule has 0 saturated heterocycles. The van der Waals surface area contributed by atoms with Crippen molar-refractivity contribution in [3.05, 3.63) is 38.8 Å². The number of benzene rings is 1. The van der Waals surface area contributed by atoms with Crippen molar-refractivity contribution in [2.45, 2.75) is 25.6 Å². The lowest BCUT2D eigenvalue weighted by atomic mass is 10.1. The summed E-state index contributed by atoms with van der Waals surface area (Å²) in [6, 6.07) is 1.75. The van der Waals surface area contributed by atoms with Gasteiger partial charge in [0.2, 0.25) is 0 Å². The smallest absolute Gasteiger partial charge is 0.432 e. The van der Waals surface area contributed by atoms with E-state index in [2.05, 4.69) is 0 Å². The van der Waals surface area contributed by atoms with Crippen LogP contribution in [0.25, 0.3) is 11.1 Å². The van der Waals surface area contributed by atoms with Gasteiger partial charge in [0.05, 0.1) is 10.0 Å². The Morgan fingerprint density at radius 2 is 1.89 bits per heavy atom. The van der Waals surface area contributed by atoms with Crippen LogP contribution in [0.4, 0.5) is 17.6 Å². The van der Waals surface area contributed by atoms with Gasteiger partial charge < -0.3 is 14.4 Å². The number of aliphatic carboxylic acids is 1. The van der Waals surface area contributed by atoms with Crippen LogP contribution in [0, 0.1) is 5.82 Å². The van der Waals surface area contributed by atoms with E-state index in [1.54, 1.807) is 0 Å². The third-order valence-electron chi connectivity index (χ3n) is 3.74. The van der Waals surface area contributed by atoms with Crippen LogP contribution < -0.4 is 4.74 Å². The van der Waals surface area contributed by atoms with Crippen molar-refractivity contribution in [3.8, 4) is 16.9 Å². The van der Waals surface area contributed by atoms with Crippen molar-refractivity contribution in [2.24, 2.45) is 7.05 Å². The van der Waals surface area contributed by atoms with E-state index >= 15 is 0 Å². The zero-order chi connectivity index (χ0) is 20.7. The van der Waals surface area contributed by atoms with E-state index in [1.165, 1.54) is 6.92 Å². The van der Waals surface area contributed by atoms with Gasteiger partial charge in [-0.25, -0.2) is 9.18 Å². The average Bonchev–Trinajstić information content (AvgIpc) is 2.76. The molecule has 1 heterocycles. The normalized spacial score (nSPS) is 12.9. The van der Waals surface area contributed by atoms with Gasteiger partial charge in [-0.1, -0.05) is 41.7 Å². The fraction of sp³-hybridized carbons (Fsp3) is 0.312. The SMILES string of the molecule is CCC(Oc1cc(-c2c(Cl)c(C(F)(F)F)n(C)c2Cl)c(F)cc1Cl)C(=O)O. The quantitative estimate of drug-likeness (QED) is 0.566. The zero-order valence-electron chi connectivity index (χ0n) is 13.8. The topological polar surface area (TPSA) is 51.5 Å². The average molecular weight is 449 g/mol. The number of carboxylic acid groups (broad SMARTS) is 1. The van der Waals surface area contributed by atoms with Crippen molar-refractivity contribution in [1.82, 2.24) is 4.57 Å². The molecule has 2 aromatic rings. The van der Waals surface area contributed by atoms with Gasteiger partial charge in [-0.3, -0.25) is 0 Å². The van der Waals surface area contributed by atoms with E-state index in [4.69, 9.17) is 44.6 Å². The van der Waals surface area contributed by atoms with Gasteiger partial charge in [0.1, 0.15) is 22.4 Å². The van der Waals surface area contributed by atoms with E-state index in [9.17, 15) is 22.4 Å². The summed E-state index contributed by atoms with van der Waals surface area (Å²) in [5.41, 5.74) is -2.07. The lowest BCUT2D eigenvalue weighted by molar-refractivity contribution is -0.145. The summed E-state index contributed by atoms with van der Waals surface area (Å²) in [6.45, 7) is 1.54. The summed E-state index contributed by atoms with van der Waals surface area (Å²) >= 11 is 17.7. The molecule has 1 atom stereocenters. The Hall–Kier alpha value is -1.64. The van der Waals surface area contributed by atoms with Crippen molar-refractivity contribution < 1.29 is 32.2 Å². The number of hydrogen-bond acceptors (Lipinski definition) is 2. The minimum Gasteiger partial charge on any atom is -0.479 e. The second-order valence-electron chi connectivity index (χ2n) is 5.50. The number of hydrogen-bond donors (Lipinski definition) is 1. The third kappa shape index (κ3) is 4.12. The van der Waals surface area contributed by atoms with Crippen molar-refractivity contribution in [2.75, 3.05) is 0 Å². The molecule has 1 aromatic carbocycles. The summed E-state index contributed by atoms with van der Waals surface area (Å²) in [7, 11) is 1.03. The Morgan fingerprint density at radius 3 is 2.33 bits per heavy atom. The Labute approximate surface area is 166 Å². The minimum absolute atomic E-state index is 0.0729. The molecule has 0 fully saturated rings. The molecule has 1 aromatic heterocycles. The number of aromatic nitrogens is 1. The third-order valence-corrected chi connectivity index (χ3v) is 4.84. The summed E-state index contributed by atoms with van der Waals surface area (Å²) in [6.07, 6.45) is -6.04. The summed E-state index contributed by atoms with van der Waals surface area (Å²) in [4.78, 5) is 11.1. The largest absolute Gasteiger partial charge is 0.479 e. The molecule has 0 amide bonds. The second-order valence-corrected chi connectivity index (χ2v) is 6.64. The van der Waals surface area contributed by atoms with Gasteiger partial charge in [0.15, 0.2) is 6.10 Å². The molecule has 148 valence electrons. The van der Waals surface area contributed by atoms with Crippen LogP contribution in [0.15, 0.2) is 12.1 Å². The fourth-order valence-corrected chi connectivity index (χ4v) is 3.39. The number of halogens is 7. The molecule has 1 unspecified atom stereocenters. The van der Waals surface area contributed by atoms with Crippen LogP contribution in [0.2, 0.25) is 15.2 Å². The van der Waals surface area contributed by atoms with Gasteiger partial charge in [0.25, 0.3) is 0 Å². The molecule has 0 aliphatic rings. The maximum atomic E-state index is 14.4. The van der Waals surface area contributed by atoms with Crippen LogP contribution in [0.5, 0.6) is 5.75 Å². The molecule has 0 spiro atoms. The Kier molecular flexibility index (Phi) is 6.23. The lowest BCUT2D eigenvalue weighted by Gasteiger charge is -2.16. The Bertz CT molecular complexity index is 896. The standard InChI is InChI=1S/C16H12Cl3F4NO3/c1-3-9(15(25)26)27-10-4-6(8(20)5-7(10)17)11-12(18)13(16(21,22)23)24(2)14(11)19/h4-5,9H,3H2,1-2H3,(H,25,26). The van der Waals surface area contributed by atoms with E-state index in [0.29, 0.717) is 4.57 Å². The number of ether oxygens (including phenoxy) is 1. The molecule has 0 aliphatic carbocycles. The molecule has 11 heteroatoms. The monoisotopic (exact) mass is 447 g/mol. The van der Waals surface area contributed by atoms with Crippen LogP contribution >= 0.6 is 34.8 Å². The highest BCUT2D eigenvalue weighted by molar-refractivity contribution is 6.40. The first-order valence-electron chi connectivity index (χ1n) is 7.39. The first-order chi connectivity index (χ1) is 12.4. The first-order valence-corrected chi connectivity index (χ1v) is 8.53. The summed E-state index contributed by atoms with van der Waals surface area (Å²) < 4.78 is 59.9. The predicted molar refractivity (Wildman–Crippen MR) is 93.2 cm³/mol. The van der Waals surface area contributed by atoms with Crippen LogP contribution in [-0.4, -0.2) is 21.7 Å². The summed E-state index contributed by atoms with van der Waals surface area (Å²) in [5, 5.41) is 7.56. The first kappa shape index (κ1) is 21.7. The van der Waals surface area contributed by atoms with Crippen LogP contribution in [0.3, 0.4) is 0 Å². The van der Waals surface area contributed by atoms with Crippen molar-refractivity contribution >= 4 is 40.8 Å². The number of carboxylic acids is 1. The summed E-state index contributed by atoms with van der Waals surface area (Å²) in [5.74, 6) is -2.51. The highest BCUT2D eigenvalue weighted by Crippen LogP contribution is 2.47.